The maximum atomic E-state index is 9.19. The number of rotatable bonds is 5. The summed E-state index contributed by atoms with van der Waals surface area (Å²) in [5.74, 6) is 0. The first-order chi connectivity index (χ1) is 8.52. The highest BCUT2D eigenvalue weighted by Crippen LogP contribution is 2.13. The summed E-state index contributed by atoms with van der Waals surface area (Å²) in [6.07, 6.45) is 5.46. The van der Waals surface area contributed by atoms with E-state index >= 15 is 0 Å². The molecule has 0 aliphatic heterocycles. The number of fused-ring (bicyclic) bond motifs is 1. The summed E-state index contributed by atoms with van der Waals surface area (Å²) in [7, 11) is 0. The number of aromatic nitrogens is 3. The predicted octanol–water partition coefficient (Wildman–Crippen LogP) is 1.60. The van der Waals surface area contributed by atoms with Crippen LogP contribution in [0.2, 0.25) is 0 Å². The molecule has 0 amide bonds. The van der Waals surface area contributed by atoms with Crippen LogP contribution in [0.15, 0.2) is 23.2 Å². The number of imidazole rings is 1. The van der Waals surface area contributed by atoms with Crippen molar-refractivity contribution in [1.82, 2.24) is 19.7 Å². The molecule has 2 heterocycles. The zero-order valence-electron chi connectivity index (χ0n) is 10.5. The van der Waals surface area contributed by atoms with Gasteiger partial charge in [0.1, 0.15) is 4.60 Å². The summed E-state index contributed by atoms with van der Waals surface area (Å²) < 4.78 is 2.78. The van der Waals surface area contributed by atoms with Gasteiger partial charge in [-0.1, -0.05) is 13.8 Å². The van der Waals surface area contributed by atoms with Crippen LogP contribution in [0.25, 0.3) is 5.65 Å². The van der Waals surface area contributed by atoms with Gasteiger partial charge in [-0.3, -0.25) is 4.40 Å². The molecule has 0 unspecified atom stereocenters. The van der Waals surface area contributed by atoms with Crippen LogP contribution in [0.1, 0.15) is 19.5 Å². The molecule has 6 heteroatoms. The monoisotopic (exact) mass is 312 g/mol. The first kappa shape index (κ1) is 13.5. The predicted molar refractivity (Wildman–Crippen MR) is 73.3 cm³/mol. The van der Waals surface area contributed by atoms with Crippen LogP contribution in [0.3, 0.4) is 0 Å². The van der Waals surface area contributed by atoms with Crippen molar-refractivity contribution in [2.24, 2.45) is 5.41 Å². The lowest BCUT2D eigenvalue weighted by molar-refractivity contribution is 0.156. The van der Waals surface area contributed by atoms with Crippen molar-refractivity contribution in [3.8, 4) is 0 Å². The molecule has 0 atom stereocenters. The van der Waals surface area contributed by atoms with Crippen LogP contribution in [0, 0.1) is 5.41 Å². The average molecular weight is 313 g/mol. The van der Waals surface area contributed by atoms with Crippen molar-refractivity contribution in [2.75, 3.05) is 13.2 Å². The lowest BCUT2D eigenvalue weighted by Gasteiger charge is -2.21. The SMILES string of the molecule is CC(C)(CO)CNCc1cnc2cnc(Br)cn12. The van der Waals surface area contributed by atoms with E-state index in [-0.39, 0.29) is 12.0 Å². The lowest BCUT2D eigenvalue weighted by atomic mass is 9.95. The quantitative estimate of drug-likeness (QED) is 0.880. The van der Waals surface area contributed by atoms with Crippen LogP contribution in [0.4, 0.5) is 0 Å². The molecule has 0 aliphatic carbocycles. The molecule has 2 aromatic rings. The van der Waals surface area contributed by atoms with Gasteiger partial charge in [-0.15, -0.1) is 0 Å². The molecular weight excluding hydrogens is 296 g/mol. The van der Waals surface area contributed by atoms with Gasteiger partial charge in [-0.25, -0.2) is 9.97 Å². The Hall–Kier alpha value is -0.980. The third-order valence-corrected chi connectivity index (χ3v) is 3.19. The minimum absolute atomic E-state index is 0.109. The van der Waals surface area contributed by atoms with Gasteiger partial charge in [0.05, 0.1) is 18.1 Å². The molecule has 0 saturated carbocycles. The number of hydrogen-bond donors (Lipinski definition) is 2. The fraction of sp³-hybridized carbons (Fsp3) is 0.500. The Morgan fingerprint density at radius 3 is 2.89 bits per heavy atom. The van der Waals surface area contributed by atoms with Gasteiger partial charge < -0.3 is 10.4 Å². The Labute approximate surface area is 114 Å². The molecule has 98 valence electrons. The van der Waals surface area contributed by atoms with E-state index in [1.165, 1.54) is 0 Å². The first-order valence-electron chi connectivity index (χ1n) is 5.81. The first-order valence-corrected chi connectivity index (χ1v) is 6.60. The molecule has 0 bridgehead atoms. The molecule has 0 fully saturated rings. The topological polar surface area (TPSA) is 62.5 Å². The van der Waals surface area contributed by atoms with Crippen molar-refractivity contribution < 1.29 is 5.11 Å². The van der Waals surface area contributed by atoms with Crippen molar-refractivity contribution in [1.29, 1.82) is 0 Å². The molecule has 2 N–H and O–H groups in total. The van der Waals surface area contributed by atoms with E-state index in [0.29, 0.717) is 6.54 Å². The Morgan fingerprint density at radius 2 is 2.17 bits per heavy atom. The zero-order chi connectivity index (χ0) is 13.2. The maximum absolute atomic E-state index is 9.19. The van der Waals surface area contributed by atoms with Gasteiger partial charge >= 0.3 is 0 Å². The number of aliphatic hydroxyl groups excluding tert-OH is 1. The van der Waals surface area contributed by atoms with E-state index in [9.17, 15) is 5.11 Å². The minimum Gasteiger partial charge on any atom is -0.396 e. The Balaban J connectivity index is 2.06. The smallest absolute Gasteiger partial charge is 0.155 e. The third kappa shape index (κ3) is 3.07. The van der Waals surface area contributed by atoms with Gasteiger partial charge in [0.2, 0.25) is 0 Å². The van der Waals surface area contributed by atoms with E-state index in [1.807, 2.05) is 30.6 Å². The highest BCUT2D eigenvalue weighted by atomic mass is 79.9. The molecular formula is C12H17BrN4O. The molecule has 0 radical (unpaired) electrons. The largest absolute Gasteiger partial charge is 0.396 e. The second-order valence-corrected chi connectivity index (χ2v) is 5.93. The number of nitrogens with zero attached hydrogens (tertiary/aromatic N) is 3. The van der Waals surface area contributed by atoms with E-state index in [4.69, 9.17) is 0 Å². The van der Waals surface area contributed by atoms with Crippen LogP contribution in [0.5, 0.6) is 0 Å². The zero-order valence-corrected chi connectivity index (χ0v) is 12.1. The van der Waals surface area contributed by atoms with E-state index in [2.05, 4.69) is 31.2 Å². The third-order valence-electron chi connectivity index (χ3n) is 2.78. The van der Waals surface area contributed by atoms with Crippen molar-refractivity contribution in [2.45, 2.75) is 20.4 Å². The summed E-state index contributed by atoms with van der Waals surface area (Å²) in [6, 6.07) is 0. The molecule has 0 spiro atoms. The molecule has 0 aliphatic rings. The lowest BCUT2D eigenvalue weighted by Crippen LogP contribution is -2.32. The molecule has 0 aromatic carbocycles. The summed E-state index contributed by atoms with van der Waals surface area (Å²) in [4.78, 5) is 8.42. The van der Waals surface area contributed by atoms with Crippen LogP contribution < -0.4 is 5.32 Å². The summed E-state index contributed by atoms with van der Waals surface area (Å²) >= 11 is 3.35. The fourth-order valence-corrected chi connectivity index (χ4v) is 1.94. The van der Waals surface area contributed by atoms with Gasteiger partial charge in [-0.05, 0) is 15.9 Å². The van der Waals surface area contributed by atoms with Crippen molar-refractivity contribution >= 4 is 21.6 Å². The Kier molecular flexibility index (Phi) is 3.99. The summed E-state index contributed by atoms with van der Waals surface area (Å²) in [5.41, 5.74) is 1.79. The van der Waals surface area contributed by atoms with Crippen LogP contribution >= 0.6 is 15.9 Å². The molecule has 0 saturated heterocycles. The van der Waals surface area contributed by atoms with E-state index in [0.717, 1.165) is 22.5 Å². The van der Waals surface area contributed by atoms with Crippen LogP contribution in [-0.4, -0.2) is 32.6 Å². The van der Waals surface area contributed by atoms with E-state index < -0.39 is 0 Å². The Morgan fingerprint density at radius 1 is 1.39 bits per heavy atom. The van der Waals surface area contributed by atoms with Gasteiger partial charge in [-0.2, -0.15) is 0 Å². The average Bonchev–Trinajstić information content (AvgIpc) is 2.72. The molecule has 18 heavy (non-hydrogen) atoms. The second-order valence-electron chi connectivity index (χ2n) is 5.11. The van der Waals surface area contributed by atoms with E-state index in [1.54, 1.807) is 6.20 Å². The number of nitrogens with one attached hydrogen (secondary N) is 1. The standard InChI is InChI=1S/C12H17BrN4O/c1-12(2,8-18)7-14-3-9-4-16-11-5-15-10(13)6-17(9)11/h4-6,14,18H,3,7-8H2,1-2H3. The highest BCUT2D eigenvalue weighted by molar-refractivity contribution is 9.10. The number of aliphatic hydroxyl groups is 1. The van der Waals surface area contributed by atoms with Gasteiger partial charge in [0, 0.05) is 31.3 Å². The normalized spacial score (nSPS) is 12.2. The van der Waals surface area contributed by atoms with Crippen molar-refractivity contribution in [3.05, 3.63) is 28.9 Å². The number of hydrogen-bond acceptors (Lipinski definition) is 4. The molecule has 2 aromatic heterocycles. The second kappa shape index (κ2) is 5.34. The molecule has 2 rings (SSSR count). The summed E-state index contributed by atoms with van der Waals surface area (Å²) in [5, 5.41) is 12.5. The molecule has 5 nitrogen and oxygen atoms in total. The maximum Gasteiger partial charge on any atom is 0.155 e. The summed E-state index contributed by atoms with van der Waals surface area (Å²) in [6.45, 7) is 5.68. The Bertz CT molecular complexity index is 538. The van der Waals surface area contributed by atoms with Gasteiger partial charge in [0.15, 0.2) is 5.65 Å². The number of halogens is 1. The van der Waals surface area contributed by atoms with Gasteiger partial charge in [0.25, 0.3) is 0 Å². The fourth-order valence-electron chi connectivity index (χ4n) is 1.63. The highest BCUT2D eigenvalue weighted by Gasteiger charge is 2.15. The minimum atomic E-state index is -0.109. The van der Waals surface area contributed by atoms with Crippen molar-refractivity contribution in [3.63, 3.8) is 0 Å². The van der Waals surface area contributed by atoms with Crippen LogP contribution in [-0.2, 0) is 6.54 Å².